The normalized spacial score (nSPS) is 16.1. The van der Waals surface area contributed by atoms with Crippen LogP contribution in [0.4, 0.5) is 5.82 Å². The molecule has 4 heteroatoms. The van der Waals surface area contributed by atoms with Gasteiger partial charge in [-0.15, -0.1) is 0 Å². The third kappa shape index (κ3) is 0.831. The Kier molecular flexibility index (Phi) is 1.41. The molecule has 10 heavy (non-hydrogen) atoms. The highest BCUT2D eigenvalue weighted by atomic mass is 79.9. The first-order valence-corrected chi connectivity index (χ1v) is 4.12. The average molecular weight is 202 g/mol. The lowest BCUT2D eigenvalue weighted by Gasteiger charge is -2.15. The summed E-state index contributed by atoms with van der Waals surface area (Å²) in [6, 6.07) is 0. The molecule has 0 spiro atoms. The Balaban J connectivity index is 2.45. The van der Waals surface area contributed by atoms with Gasteiger partial charge in [-0.05, 0) is 22.4 Å². The maximum Gasteiger partial charge on any atom is 0.138 e. The predicted octanol–water partition coefficient (Wildman–Crippen LogP) is 1.46. The molecule has 0 unspecified atom stereocenters. The van der Waals surface area contributed by atoms with Gasteiger partial charge in [0.2, 0.25) is 0 Å². The van der Waals surface area contributed by atoms with Gasteiger partial charge in [0.15, 0.2) is 0 Å². The van der Waals surface area contributed by atoms with Crippen LogP contribution in [0.15, 0.2) is 10.7 Å². The van der Waals surface area contributed by atoms with Crippen LogP contribution in [0.5, 0.6) is 0 Å². The number of fused-ring (bicyclic) bond motifs is 1. The van der Waals surface area contributed by atoms with Crippen LogP contribution in [0.3, 0.4) is 0 Å². The van der Waals surface area contributed by atoms with Gasteiger partial charge in [-0.3, -0.25) is 0 Å². The number of rotatable bonds is 0. The lowest BCUT2D eigenvalue weighted by atomic mass is 10.3. The molecule has 3 nitrogen and oxygen atoms in total. The minimum Gasteiger partial charge on any atom is -0.369 e. The summed E-state index contributed by atoms with van der Waals surface area (Å²) in [6.45, 7) is 2.10. The van der Waals surface area contributed by atoms with Crippen molar-refractivity contribution < 1.29 is 0 Å². The van der Waals surface area contributed by atoms with Gasteiger partial charge in [0, 0.05) is 13.1 Å². The minimum absolute atomic E-state index is 1.04. The van der Waals surface area contributed by atoms with Gasteiger partial charge < -0.3 is 5.32 Å². The van der Waals surface area contributed by atoms with E-state index in [2.05, 4.69) is 26.3 Å². The number of nitrogens with zero attached hydrogens (tertiary/aromatic N) is 2. The fourth-order valence-electron chi connectivity index (χ4n) is 1.14. The highest BCUT2D eigenvalue weighted by molar-refractivity contribution is 9.10. The molecule has 1 N–H and O–H groups in total. The largest absolute Gasteiger partial charge is 0.369 e. The van der Waals surface area contributed by atoms with Crippen molar-refractivity contribution in [2.45, 2.75) is 13.0 Å². The van der Waals surface area contributed by atoms with Crippen molar-refractivity contribution in [1.82, 2.24) is 9.78 Å². The van der Waals surface area contributed by atoms with Crippen LogP contribution in [0.25, 0.3) is 0 Å². The third-order valence-electron chi connectivity index (χ3n) is 1.63. The maximum absolute atomic E-state index is 4.16. The highest BCUT2D eigenvalue weighted by Crippen LogP contribution is 2.23. The summed E-state index contributed by atoms with van der Waals surface area (Å²) in [7, 11) is 0. The van der Waals surface area contributed by atoms with E-state index in [-0.39, 0.29) is 0 Å². The summed E-state index contributed by atoms with van der Waals surface area (Å²) in [6.07, 6.45) is 2.99. The van der Waals surface area contributed by atoms with Gasteiger partial charge in [0.05, 0.1) is 10.7 Å². The van der Waals surface area contributed by atoms with Crippen LogP contribution in [0.2, 0.25) is 0 Å². The van der Waals surface area contributed by atoms with Crippen LogP contribution in [0, 0.1) is 0 Å². The number of anilines is 1. The average Bonchev–Trinajstić information content (AvgIpc) is 2.34. The lowest BCUT2D eigenvalue weighted by molar-refractivity contribution is 0.567. The van der Waals surface area contributed by atoms with E-state index in [0.717, 1.165) is 23.4 Å². The van der Waals surface area contributed by atoms with Gasteiger partial charge in [0.25, 0.3) is 0 Å². The molecule has 0 fully saturated rings. The van der Waals surface area contributed by atoms with Crippen molar-refractivity contribution in [3.63, 3.8) is 0 Å². The second-order valence-electron chi connectivity index (χ2n) is 2.34. The van der Waals surface area contributed by atoms with E-state index in [0.29, 0.717) is 0 Å². The molecule has 0 aromatic carbocycles. The molecule has 0 aliphatic carbocycles. The summed E-state index contributed by atoms with van der Waals surface area (Å²) in [5.74, 6) is 1.12. The zero-order chi connectivity index (χ0) is 6.97. The Morgan fingerprint density at radius 2 is 2.60 bits per heavy atom. The number of halogens is 1. The maximum atomic E-state index is 4.16. The first kappa shape index (κ1) is 6.22. The quantitative estimate of drug-likeness (QED) is 0.690. The molecule has 0 bridgehead atoms. The van der Waals surface area contributed by atoms with E-state index in [9.17, 15) is 0 Å². The molecule has 2 rings (SSSR count). The molecule has 1 aliphatic heterocycles. The molecule has 0 atom stereocenters. The predicted molar refractivity (Wildman–Crippen MR) is 43.0 cm³/mol. The highest BCUT2D eigenvalue weighted by Gasteiger charge is 2.10. The van der Waals surface area contributed by atoms with E-state index in [1.165, 1.54) is 6.42 Å². The molecule has 54 valence electrons. The number of hydrogen-bond acceptors (Lipinski definition) is 2. The minimum atomic E-state index is 1.04. The standard InChI is InChI=1S/C6H8BrN3/c7-5-4-9-10-3-1-2-8-6(5)10/h4,8H,1-3H2. The zero-order valence-electron chi connectivity index (χ0n) is 5.47. The van der Waals surface area contributed by atoms with Crippen LogP contribution in [0.1, 0.15) is 6.42 Å². The van der Waals surface area contributed by atoms with Gasteiger partial charge in [-0.1, -0.05) is 0 Å². The van der Waals surface area contributed by atoms with Gasteiger partial charge in [-0.2, -0.15) is 5.10 Å². The summed E-state index contributed by atoms with van der Waals surface area (Å²) >= 11 is 3.41. The van der Waals surface area contributed by atoms with Gasteiger partial charge in [-0.25, -0.2) is 4.68 Å². The Morgan fingerprint density at radius 1 is 1.70 bits per heavy atom. The zero-order valence-corrected chi connectivity index (χ0v) is 7.06. The Hall–Kier alpha value is -0.510. The molecule has 1 aromatic heterocycles. The molecular weight excluding hydrogens is 194 g/mol. The lowest BCUT2D eigenvalue weighted by Crippen LogP contribution is -2.17. The fraction of sp³-hybridized carbons (Fsp3) is 0.500. The van der Waals surface area contributed by atoms with E-state index in [1.807, 2.05) is 10.9 Å². The van der Waals surface area contributed by atoms with Crippen molar-refractivity contribution >= 4 is 21.7 Å². The van der Waals surface area contributed by atoms with Crippen molar-refractivity contribution in [3.05, 3.63) is 10.7 Å². The molecule has 1 aromatic rings. The first-order chi connectivity index (χ1) is 4.88. The molecule has 1 aliphatic rings. The smallest absolute Gasteiger partial charge is 0.138 e. The molecule has 0 radical (unpaired) electrons. The van der Waals surface area contributed by atoms with Crippen molar-refractivity contribution in [2.75, 3.05) is 11.9 Å². The van der Waals surface area contributed by atoms with E-state index < -0.39 is 0 Å². The van der Waals surface area contributed by atoms with Gasteiger partial charge in [0.1, 0.15) is 5.82 Å². The summed E-state index contributed by atoms with van der Waals surface area (Å²) in [5, 5.41) is 7.43. The van der Waals surface area contributed by atoms with E-state index in [4.69, 9.17) is 0 Å². The first-order valence-electron chi connectivity index (χ1n) is 3.33. The van der Waals surface area contributed by atoms with Crippen molar-refractivity contribution in [1.29, 1.82) is 0 Å². The molecule has 2 heterocycles. The summed E-state index contributed by atoms with van der Waals surface area (Å²) < 4.78 is 3.04. The summed E-state index contributed by atoms with van der Waals surface area (Å²) in [5.41, 5.74) is 0. The Morgan fingerprint density at radius 3 is 3.40 bits per heavy atom. The second-order valence-corrected chi connectivity index (χ2v) is 3.20. The second kappa shape index (κ2) is 2.27. The van der Waals surface area contributed by atoms with E-state index >= 15 is 0 Å². The molecule has 0 saturated carbocycles. The fourth-order valence-corrected chi connectivity index (χ4v) is 1.58. The van der Waals surface area contributed by atoms with Gasteiger partial charge >= 0.3 is 0 Å². The molecular formula is C6H8BrN3. The monoisotopic (exact) mass is 201 g/mol. The number of hydrogen-bond donors (Lipinski definition) is 1. The van der Waals surface area contributed by atoms with Crippen LogP contribution >= 0.6 is 15.9 Å². The SMILES string of the molecule is Brc1cnn2c1NCCC2. The molecule has 0 amide bonds. The van der Waals surface area contributed by atoms with E-state index in [1.54, 1.807) is 0 Å². The van der Waals surface area contributed by atoms with Crippen molar-refractivity contribution in [3.8, 4) is 0 Å². The Bertz CT molecular complexity index is 243. The third-order valence-corrected chi connectivity index (χ3v) is 2.21. The topological polar surface area (TPSA) is 29.9 Å². The Labute approximate surface area is 67.5 Å². The van der Waals surface area contributed by atoms with Crippen LogP contribution in [-0.2, 0) is 6.54 Å². The molecule has 0 saturated heterocycles. The van der Waals surface area contributed by atoms with Crippen molar-refractivity contribution in [2.24, 2.45) is 0 Å². The number of nitrogens with one attached hydrogen (secondary N) is 1. The number of aromatic nitrogens is 2. The van der Waals surface area contributed by atoms with Crippen LogP contribution < -0.4 is 5.32 Å². The number of aryl methyl sites for hydroxylation is 1. The summed E-state index contributed by atoms with van der Waals surface area (Å²) in [4.78, 5) is 0. The van der Waals surface area contributed by atoms with Crippen LogP contribution in [-0.4, -0.2) is 16.3 Å².